The molecule has 4 heteroatoms. The monoisotopic (exact) mass is 251 g/mol. The van der Waals surface area contributed by atoms with Crippen molar-refractivity contribution in [3.63, 3.8) is 0 Å². The minimum atomic E-state index is -0.222. The Hall–Kier alpha value is -1.42. The van der Waals surface area contributed by atoms with Crippen LogP contribution in [-0.4, -0.2) is 26.9 Å². The highest BCUT2D eigenvalue weighted by molar-refractivity contribution is 5.57. The maximum Gasteiger partial charge on any atom is 0.203 e. The van der Waals surface area contributed by atoms with Crippen LogP contribution in [0, 0.1) is 0 Å². The van der Waals surface area contributed by atoms with Gasteiger partial charge in [0.2, 0.25) is 5.75 Å². The van der Waals surface area contributed by atoms with Gasteiger partial charge in [0, 0.05) is 18.0 Å². The summed E-state index contributed by atoms with van der Waals surface area (Å²) in [6, 6.07) is 4.22. The molecule has 100 valence electrons. The van der Waals surface area contributed by atoms with Gasteiger partial charge in [-0.3, -0.25) is 0 Å². The van der Waals surface area contributed by atoms with Crippen LogP contribution >= 0.6 is 0 Å². The quantitative estimate of drug-likeness (QED) is 0.896. The topological polar surface area (TPSA) is 39.7 Å². The average Bonchev–Trinajstić information content (AvgIpc) is 2.35. The summed E-state index contributed by atoms with van der Waals surface area (Å²) in [5.41, 5.74) is 0.898. The van der Waals surface area contributed by atoms with E-state index >= 15 is 0 Å². The molecule has 0 aromatic heterocycles. The van der Waals surface area contributed by atoms with Gasteiger partial charge >= 0.3 is 0 Å². The van der Waals surface area contributed by atoms with Crippen molar-refractivity contribution in [2.75, 3.05) is 21.3 Å². The summed E-state index contributed by atoms with van der Waals surface area (Å²) < 4.78 is 16.8. The van der Waals surface area contributed by atoms with E-state index in [-0.39, 0.29) is 11.6 Å². The van der Waals surface area contributed by atoms with Gasteiger partial charge in [0.25, 0.3) is 0 Å². The zero-order valence-corrected chi connectivity index (χ0v) is 11.7. The molecule has 1 aromatic carbocycles. The van der Waals surface area contributed by atoms with E-state index in [1.807, 2.05) is 19.2 Å². The number of rotatable bonds is 3. The minimum Gasteiger partial charge on any atom is -0.493 e. The molecule has 1 aliphatic heterocycles. The molecule has 1 heterocycles. The molecular weight excluding hydrogens is 230 g/mol. The SMILES string of the molecule is CNC1CC(C)(C)Oc2c1ccc(OC)c2OC. The zero-order chi connectivity index (χ0) is 13.3. The van der Waals surface area contributed by atoms with Gasteiger partial charge in [-0.2, -0.15) is 0 Å². The number of hydrogen-bond donors (Lipinski definition) is 1. The standard InChI is InChI=1S/C14H21NO3/c1-14(2)8-10(15-3)9-6-7-11(16-4)13(17-5)12(9)18-14/h6-7,10,15H,8H2,1-5H3. The van der Waals surface area contributed by atoms with Crippen molar-refractivity contribution < 1.29 is 14.2 Å². The molecule has 1 atom stereocenters. The summed E-state index contributed by atoms with van der Waals surface area (Å²) in [5.74, 6) is 2.15. The Labute approximate surface area is 108 Å². The smallest absolute Gasteiger partial charge is 0.203 e. The van der Waals surface area contributed by atoms with Gasteiger partial charge in [-0.25, -0.2) is 0 Å². The Balaban J connectivity index is 2.57. The fraction of sp³-hybridized carbons (Fsp3) is 0.571. The van der Waals surface area contributed by atoms with E-state index in [1.165, 1.54) is 0 Å². The van der Waals surface area contributed by atoms with Gasteiger partial charge < -0.3 is 19.5 Å². The van der Waals surface area contributed by atoms with Crippen molar-refractivity contribution in [2.24, 2.45) is 0 Å². The van der Waals surface area contributed by atoms with Crippen molar-refractivity contribution in [1.82, 2.24) is 5.32 Å². The van der Waals surface area contributed by atoms with Gasteiger partial charge in [-0.15, -0.1) is 0 Å². The first-order chi connectivity index (χ1) is 8.52. The Kier molecular flexibility index (Phi) is 3.39. The van der Waals surface area contributed by atoms with Gasteiger partial charge in [0.1, 0.15) is 5.60 Å². The van der Waals surface area contributed by atoms with Crippen LogP contribution in [0.3, 0.4) is 0 Å². The van der Waals surface area contributed by atoms with Crippen molar-refractivity contribution in [2.45, 2.75) is 31.9 Å². The molecule has 0 bridgehead atoms. The third kappa shape index (κ3) is 2.12. The second-order valence-electron chi connectivity index (χ2n) is 5.13. The molecule has 1 aliphatic rings. The Morgan fingerprint density at radius 1 is 1.28 bits per heavy atom. The number of fused-ring (bicyclic) bond motifs is 1. The van der Waals surface area contributed by atoms with E-state index in [4.69, 9.17) is 14.2 Å². The number of hydrogen-bond acceptors (Lipinski definition) is 4. The second kappa shape index (κ2) is 4.69. The van der Waals surface area contributed by atoms with Crippen LogP contribution in [-0.2, 0) is 0 Å². The number of ether oxygens (including phenoxy) is 3. The second-order valence-corrected chi connectivity index (χ2v) is 5.13. The van der Waals surface area contributed by atoms with Crippen LogP contribution in [0.4, 0.5) is 0 Å². The lowest BCUT2D eigenvalue weighted by Crippen LogP contribution is -2.38. The molecule has 18 heavy (non-hydrogen) atoms. The first-order valence-corrected chi connectivity index (χ1v) is 6.13. The molecule has 0 aliphatic carbocycles. The lowest BCUT2D eigenvalue weighted by Gasteiger charge is -2.38. The molecule has 1 N–H and O–H groups in total. The minimum absolute atomic E-state index is 0.222. The molecule has 0 saturated carbocycles. The van der Waals surface area contributed by atoms with Crippen LogP contribution in [0.15, 0.2) is 12.1 Å². The zero-order valence-electron chi connectivity index (χ0n) is 11.7. The van der Waals surface area contributed by atoms with E-state index in [1.54, 1.807) is 14.2 Å². The van der Waals surface area contributed by atoms with Crippen molar-refractivity contribution in [3.05, 3.63) is 17.7 Å². The van der Waals surface area contributed by atoms with Crippen LogP contribution in [0.2, 0.25) is 0 Å². The van der Waals surface area contributed by atoms with Crippen LogP contribution in [0.1, 0.15) is 31.9 Å². The Morgan fingerprint density at radius 3 is 2.56 bits per heavy atom. The predicted molar refractivity (Wildman–Crippen MR) is 70.7 cm³/mol. The average molecular weight is 251 g/mol. The maximum atomic E-state index is 6.07. The van der Waals surface area contributed by atoms with Crippen molar-refractivity contribution >= 4 is 0 Å². The first-order valence-electron chi connectivity index (χ1n) is 6.13. The van der Waals surface area contributed by atoms with Gasteiger partial charge in [0.15, 0.2) is 11.5 Å². The summed E-state index contributed by atoms with van der Waals surface area (Å²) in [5, 5.41) is 3.33. The molecule has 0 saturated heterocycles. The molecule has 0 spiro atoms. The van der Waals surface area contributed by atoms with Gasteiger partial charge in [-0.1, -0.05) is 0 Å². The molecule has 0 amide bonds. The fourth-order valence-corrected chi connectivity index (χ4v) is 2.47. The summed E-state index contributed by atoms with van der Waals surface area (Å²) in [6.45, 7) is 4.17. The molecule has 4 nitrogen and oxygen atoms in total. The summed E-state index contributed by atoms with van der Waals surface area (Å²) in [7, 11) is 5.23. The van der Waals surface area contributed by atoms with Crippen LogP contribution < -0.4 is 19.5 Å². The van der Waals surface area contributed by atoms with E-state index in [0.29, 0.717) is 11.5 Å². The normalized spacial score (nSPS) is 20.8. The lowest BCUT2D eigenvalue weighted by molar-refractivity contribution is 0.0631. The third-order valence-corrected chi connectivity index (χ3v) is 3.33. The lowest BCUT2D eigenvalue weighted by atomic mass is 9.89. The summed E-state index contributed by atoms with van der Waals surface area (Å²) >= 11 is 0. The Morgan fingerprint density at radius 2 is 2.00 bits per heavy atom. The summed E-state index contributed by atoms with van der Waals surface area (Å²) in [6.07, 6.45) is 0.923. The van der Waals surface area contributed by atoms with Gasteiger partial charge in [-0.05, 0) is 33.0 Å². The largest absolute Gasteiger partial charge is 0.493 e. The van der Waals surface area contributed by atoms with Crippen LogP contribution in [0.5, 0.6) is 17.2 Å². The Bertz CT molecular complexity index is 443. The highest BCUT2D eigenvalue weighted by atomic mass is 16.5. The van der Waals surface area contributed by atoms with E-state index in [0.717, 1.165) is 17.7 Å². The predicted octanol–water partition coefficient (Wildman–Crippen LogP) is 2.53. The first kappa shape index (κ1) is 13.0. The molecule has 1 unspecified atom stereocenters. The fourth-order valence-electron chi connectivity index (χ4n) is 2.47. The molecule has 2 rings (SSSR count). The molecule has 1 aromatic rings. The highest BCUT2D eigenvalue weighted by Gasteiger charge is 2.35. The summed E-state index contributed by atoms with van der Waals surface area (Å²) in [4.78, 5) is 0. The molecule has 0 radical (unpaired) electrons. The molecular formula is C14H21NO3. The van der Waals surface area contributed by atoms with Crippen molar-refractivity contribution in [1.29, 1.82) is 0 Å². The highest BCUT2D eigenvalue weighted by Crippen LogP contribution is 2.48. The van der Waals surface area contributed by atoms with Gasteiger partial charge in [0.05, 0.1) is 14.2 Å². The van der Waals surface area contributed by atoms with Crippen molar-refractivity contribution in [3.8, 4) is 17.2 Å². The number of benzene rings is 1. The third-order valence-electron chi connectivity index (χ3n) is 3.33. The maximum absolute atomic E-state index is 6.07. The molecule has 0 fully saturated rings. The number of nitrogens with one attached hydrogen (secondary N) is 1. The van der Waals surface area contributed by atoms with E-state index in [2.05, 4.69) is 19.2 Å². The van der Waals surface area contributed by atoms with Crippen LogP contribution in [0.25, 0.3) is 0 Å². The van der Waals surface area contributed by atoms with E-state index < -0.39 is 0 Å². The number of methoxy groups -OCH3 is 2. The van der Waals surface area contributed by atoms with E-state index in [9.17, 15) is 0 Å².